The zero-order chi connectivity index (χ0) is 10.9. The van der Waals surface area contributed by atoms with Gasteiger partial charge in [-0.3, -0.25) is 0 Å². The molecule has 1 saturated heterocycles. The van der Waals surface area contributed by atoms with Gasteiger partial charge in [-0.15, -0.1) is 0 Å². The van der Waals surface area contributed by atoms with Gasteiger partial charge >= 0.3 is 5.97 Å². The second-order valence-electron chi connectivity index (χ2n) is 3.38. The molecule has 2 heterocycles. The minimum Gasteiger partial charge on any atom is -0.477 e. The van der Waals surface area contributed by atoms with E-state index >= 15 is 0 Å². The Hall–Kier alpha value is -1.46. The second-order valence-corrected chi connectivity index (χ2v) is 3.38. The summed E-state index contributed by atoms with van der Waals surface area (Å²) in [4.78, 5) is 14.5. The number of pyridine rings is 1. The zero-order valence-electron chi connectivity index (χ0n) is 8.27. The maximum absolute atomic E-state index is 10.7. The molecule has 0 spiro atoms. The van der Waals surface area contributed by atoms with E-state index in [0.29, 0.717) is 18.8 Å². The Balaban J connectivity index is 2.36. The molecule has 5 heteroatoms. The van der Waals surface area contributed by atoms with Crippen molar-refractivity contribution < 1.29 is 19.4 Å². The highest BCUT2D eigenvalue weighted by atomic mass is 16.7. The largest absolute Gasteiger partial charge is 0.477 e. The molecule has 0 unspecified atom stereocenters. The van der Waals surface area contributed by atoms with Crippen molar-refractivity contribution >= 4 is 5.97 Å². The average Bonchev–Trinajstić information content (AvgIpc) is 2.67. The highest BCUT2D eigenvalue weighted by Crippen LogP contribution is 2.30. The molecule has 0 aromatic carbocycles. The predicted molar refractivity (Wildman–Crippen MR) is 50.5 cm³/mol. The van der Waals surface area contributed by atoms with Gasteiger partial charge in [0.15, 0.2) is 5.79 Å². The van der Waals surface area contributed by atoms with Crippen LogP contribution in [0, 0.1) is 0 Å². The van der Waals surface area contributed by atoms with Gasteiger partial charge in [-0.25, -0.2) is 9.78 Å². The summed E-state index contributed by atoms with van der Waals surface area (Å²) in [6, 6.07) is 3.16. The molecule has 1 aromatic heterocycles. The van der Waals surface area contributed by atoms with Crippen LogP contribution in [0.1, 0.15) is 23.0 Å². The third-order valence-corrected chi connectivity index (χ3v) is 2.34. The summed E-state index contributed by atoms with van der Waals surface area (Å²) in [6.07, 6.45) is 1.44. The molecule has 5 nitrogen and oxygen atoms in total. The van der Waals surface area contributed by atoms with Crippen molar-refractivity contribution in [3.05, 3.63) is 29.6 Å². The van der Waals surface area contributed by atoms with Gasteiger partial charge in [0.2, 0.25) is 0 Å². The molecular formula is C10H11NO4. The Morgan fingerprint density at radius 3 is 2.80 bits per heavy atom. The summed E-state index contributed by atoms with van der Waals surface area (Å²) in [7, 11) is 0. The van der Waals surface area contributed by atoms with Gasteiger partial charge in [0.25, 0.3) is 0 Å². The van der Waals surface area contributed by atoms with Crippen molar-refractivity contribution in [1.29, 1.82) is 0 Å². The van der Waals surface area contributed by atoms with Gasteiger partial charge in [-0.1, -0.05) is 0 Å². The van der Waals surface area contributed by atoms with Gasteiger partial charge in [0, 0.05) is 11.8 Å². The minimum atomic E-state index is -1.06. The van der Waals surface area contributed by atoms with Crippen LogP contribution in [0.3, 0.4) is 0 Å². The molecule has 1 aliphatic rings. The lowest BCUT2D eigenvalue weighted by atomic mass is 10.1. The third kappa shape index (κ3) is 1.84. The molecule has 2 rings (SSSR count). The Morgan fingerprint density at radius 1 is 1.53 bits per heavy atom. The fourth-order valence-electron chi connectivity index (χ4n) is 1.51. The minimum absolute atomic E-state index is 0.00664. The predicted octanol–water partition coefficient (Wildman–Crippen LogP) is 0.999. The lowest BCUT2D eigenvalue weighted by molar-refractivity contribution is -0.149. The monoisotopic (exact) mass is 209 g/mol. The first-order valence-electron chi connectivity index (χ1n) is 4.59. The lowest BCUT2D eigenvalue weighted by Crippen LogP contribution is -2.23. The normalized spacial score (nSPS) is 19.0. The van der Waals surface area contributed by atoms with Gasteiger partial charge < -0.3 is 14.6 Å². The van der Waals surface area contributed by atoms with Crippen LogP contribution in [0.15, 0.2) is 18.3 Å². The number of aromatic carboxylic acids is 1. The van der Waals surface area contributed by atoms with Crippen LogP contribution in [0.25, 0.3) is 0 Å². The molecule has 0 radical (unpaired) electrons. The number of ether oxygens (including phenoxy) is 2. The average molecular weight is 209 g/mol. The first kappa shape index (κ1) is 10.1. The Kier molecular flexibility index (Phi) is 2.42. The van der Waals surface area contributed by atoms with Crippen molar-refractivity contribution in [2.24, 2.45) is 0 Å². The molecule has 0 atom stereocenters. The Labute approximate surface area is 86.7 Å². The number of aromatic nitrogens is 1. The molecule has 1 aromatic rings. The summed E-state index contributed by atoms with van der Waals surface area (Å²) in [5.74, 6) is -1.90. The number of hydrogen-bond donors (Lipinski definition) is 1. The van der Waals surface area contributed by atoms with E-state index in [1.807, 2.05) is 0 Å². The van der Waals surface area contributed by atoms with Crippen LogP contribution in [0.2, 0.25) is 0 Å². The van der Waals surface area contributed by atoms with E-state index in [9.17, 15) is 4.79 Å². The summed E-state index contributed by atoms with van der Waals surface area (Å²) < 4.78 is 10.8. The number of carboxylic acids is 1. The van der Waals surface area contributed by atoms with Crippen molar-refractivity contribution in [3.63, 3.8) is 0 Å². The summed E-state index contributed by atoms with van der Waals surface area (Å²) >= 11 is 0. The first-order chi connectivity index (χ1) is 7.12. The Morgan fingerprint density at radius 2 is 2.20 bits per heavy atom. The zero-order valence-corrected chi connectivity index (χ0v) is 8.27. The number of carbonyl (C=O) groups is 1. The molecule has 0 amide bonds. The van der Waals surface area contributed by atoms with E-state index in [-0.39, 0.29) is 5.69 Å². The summed E-state index contributed by atoms with van der Waals surface area (Å²) in [5.41, 5.74) is 0.667. The topological polar surface area (TPSA) is 68.7 Å². The van der Waals surface area contributed by atoms with Gasteiger partial charge in [0.05, 0.1) is 13.2 Å². The summed E-state index contributed by atoms with van der Waals surface area (Å²) in [6.45, 7) is 2.80. The quantitative estimate of drug-likeness (QED) is 0.786. The molecule has 1 aliphatic heterocycles. The first-order valence-corrected chi connectivity index (χ1v) is 4.59. The van der Waals surface area contributed by atoms with E-state index in [1.165, 1.54) is 12.3 Å². The molecular weight excluding hydrogens is 198 g/mol. The van der Waals surface area contributed by atoms with Crippen LogP contribution in [-0.4, -0.2) is 29.3 Å². The van der Waals surface area contributed by atoms with E-state index in [1.54, 1.807) is 13.0 Å². The lowest BCUT2D eigenvalue weighted by Gasteiger charge is -2.22. The van der Waals surface area contributed by atoms with Crippen LogP contribution in [-0.2, 0) is 15.3 Å². The number of nitrogens with zero attached hydrogens (tertiary/aromatic N) is 1. The maximum atomic E-state index is 10.7. The van der Waals surface area contributed by atoms with Crippen LogP contribution < -0.4 is 0 Å². The van der Waals surface area contributed by atoms with Crippen molar-refractivity contribution in [1.82, 2.24) is 4.98 Å². The standard InChI is InChI=1S/C10H11NO4/c1-10(14-4-5-15-10)7-2-3-11-8(6-7)9(12)13/h2-3,6H,4-5H2,1H3,(H,12,13). The molecule has 1 N–H and O–H groups in total. The van der Waals surface area contributed by atoms with Crippen molar-refractivity contribution in [3.8, 4) is 0 Å². The number of hydrogen-bond acceptors (Lipinski definition) is 4. The van der Waals surface area contributed by atoms with E-state index in [4.69, 9.17) is 14.6 Å². The van der Waals surface area contributed by atoms with Crippen LogP contribution in [0.4, 0.5) is 0 Å². The smallest absolute Gasteiger partial charge is 0.354 e. The fraction of sp³-hybridized carbons (Fsp3) is 0.400. The molecule has 15 heavy (non-hydrogen) atoms. The van der Waals surface area contributed by atoms with E-state index in [2.05, 4.69) is 4.98 Å². The Bertz CT molecular complexity index is 385. The van der Waals surface area contributed by atoms with Gasteiger partial charge in [0.1, 0.15) is 5.69 Å². The van der Waals surface area contributed by atoms with Crippen molar-refractivity contribution in [2.75, 3.05) is 13.2 Å². The molecule has 0 aliphatic carbocycles. The highest BCUT2D eigenvalue weighted by molar-refractivity contribution is 5.85. The molecule has 0 bridgehead atoms. The molecule has 1 fully saturated rings. The van der Waals surface area contributed by atoms with Crippen LogP contribution >= 0.6 is 0 Å². The molecule has 80 valence electrons. The van der Waals surface area contributed by atoms with E-state index < -0.39 is 11.8 Å². The third-order valence-electron chi connectivity index (χ3n) is 2.34. The van der Waals surface area contributed by atoms with Crippen molar-refractivity contribution in [2.45, 2.75) is 12.7 Å². The molecule has 0 saturated carbocycles. The highest BCUT2D eigenvalue weighted by Gasteiger charge is 2.33. The van der Waals surface area contributed by atoms with Crippen LogP contribution in [0.5, 0.6) is 0 Å². The number of rotatable bonds is 2. The van der Waals surface area contributed by atoms with E-state index in [0.717, 1.165) is 0 Å². The summed E-state index contributed by atoms with van der Waals surface area (Å²) in [5, 5.41) is 8.79. The fourth-order valence-corrected chi connectivity index (χ4v) is 1.51. The SMILES string of the molecule is CC1(c2ccnc(C(=O)O)c2)OCCO1. The van der Waals surface area contributed by atoms with Gasteiger partial charge in [-0.2, -0.15) is 0 Å². The van der Waals surface area contributed by atoms with Gasteiger partial charge in [-0.05, 0) is 19.1 Å². The number of carboxylic acid groups (broad SMARTS) is 1. The second kappa shape index (κ2) is 3.60. The maximum Gasteiger partial charge on any atom is 0.354 e.